The number of nitrogens with two attached hydrogens (primary N) is 1. The fourth-order valence-electron chi connectivity index (χ4n) is 1.78. The molecule has 0 bridgehead atoms. The molecule has 2 rings (SSSR count). The highest BCUT2D eigenvalue weighted by Gasteiger charge is 2.23. The first kappa shape index (κ1) is 8.50. The Labute approximate surface area is 77.5 Å². The molecule has 1 aromatic rings. The number of anilines is 1. The molecule has 1 aromatic heterocycles. The molecule has 1 aliphatic heterocycles. The van der Waals surface area contributed by atoms with E-state index < -0.39 is 0 Å². The van der Waals surface area contributed by atoms with Crippen molar-refractivity contribution in [1.82, 2.24) is 19.7 Å². The molecule has 2 heterocycles. The maximum atomic E-state index is 5.46. The second kappa shape index (κ2) is 3.33. The van der Waals surface area contributed by atoms with Crippen molar-refractivity contribution in [1.29, 1.82) is 0 Å². The van der Waals surface area contributed by atoms with Gasteiger partial charge in [-0.05, 0) is 13.0 Å². The Kier molecular flexibility index (Phi) is 2.18. The van der Waals surface area contributed by atoms with Crippen molar-refractivity contribution in [2.24, 2.45) is 0 Å². The summed E-state index contributed by atoms with van der Waals surface area (Å²) < 4.78 is 1.88. The molecule has 5 nitrogen and oxygen atoms in total. The third-order valence-electron chi connectivity index (χ3n) is 2.60. The number of likely N-dealkylation sites (tertiary alicyclic amines) is 1. The number of aromatic nitrogens is 3. The van der Waals surface area contributed by atoms with Crippen molar-refractivity contribution in [2.45, 2.75) is 19.4 Å². The van der Waals surface area contributed by atoms with Gasteiger partial charge in [0.2, 0.25) is 5.95 Å². The van der Waals surface area contributed by atoms with Crippen LogP contribution in [0.4, 0.5) is 5.95 Å². The largest absolute Gasteiger partial charge is 0.367 e. The number of hydrogen-bond acceptors (Lipinski definition) is 4. The Hall–Kier alpha value is -1.10. The lowest BCUT2D eigenvalue weighted by molar-refractivity contribution is 0.335. The van der Waals surface area contributed by atoms with Gasteiger partial charge in [-0.2, -0.15) is 0 Å². The van der Waals surface area contributed by atoms with E-state index in [0.29, 0.717) is 12.0 Å². The van der Waals surface area contributed by atoms with Gasteiger partial charge < -0.3 is 10.6 Å². The molecule has 0 amide bonds. The third-order valence-corrected chi connectivity index (χ3v) is 2.60. The summed E-state index contributed by atoms with van der Waals surface area (Å²) in [6, 6.07) is 0.463. The van der Waals surface area contributed by atoms with Crippen LogP contribution < -0.4 is 5.73 Å². The summed E-state index contributed by atoms with van der Waals surface area (Å²) >= 11 is 0. The van der Waals surface area contributed by atoms with Gasteiger partial charge in [-0.3, -0.25) is 0 Å². The van der Waals surface area contributed by atoms with E-state index in [2.05, 4.69) is 21.9 Å². The van der Waals surface area contributed by atoms with Gasteiger partial charge in [0.15, 0.2) is 0 Å². The van der Waals surface area contributed by atoms with Gasteiger partial charge in [0.05, 0.1) is 6.04 Å². The maximum absolute atomic E-state index is 5.46. The van der Waals surface area contributed by atoms with Gasteiger partial charge in [0.1, 0.15) is 6.33 Å². The highest BCUT2D eigenvalue weighted by atomic mass is 15.4. The van der Waals surface area contributed by atoms with E-state index in [1.165, 1.54) is 0 Å². The fourth-order valence-corrected chi connectivity index (χ4v) is 1.78. The second-order valence-electron chi connectivity index (χ2n) is 3.42. The lowest BCUT2D eigenvalue weighted by atomic mass is 10.3. The fraction of sp³-hybridized carbons (Fsp3) is 0.750. The van der Waals surface area contributed by atoms with Crippen molar-refractivity contribution in [3.63, 3.8) is 0 Å². The van der Waals surface area contributed by atoms with Crippen LogP contribution in [0, 0.1) is 0 Å². The smallest absolute Gasteiger partial charge is 0.239 e. The monoisotopic (exact) mass is 181 g/mol. The van der Waals surface area contributed by atoms with Crippen molar-refractivity contribution in [2.75, 3.05) is 25.4 Å². The standard InChI is InChI=1S/C8H15N5/c1-2-12-4-3-7(5-12)13-6-10-8(9)11-13/h6-7H,2-5H2,1H3,(H2,9,11). The highest BCUT2D eigenvalue weighted by Crippen LogP contribution is 2.19. The van der Waals surface area contributed by atoms with Gasteiger partial charge in [-0.15, -0.1) is 5.10 Å². The molecule has 0 radical (unpaired) electrons. The van der Waals surface area contributed by atoms with Crippen molar-refractivity contribution < 1.29 is 0 Å². The van der Waals surface area contributed by atoms with Crippen LogP contribution in [0.3, 0.4) is 0 Å². The molecule has 1 saturated heterocycles. The second-order valence-corrected chi connectivity index (χ2v) is 3.42. The predicted molar refractivity (Wildman–Crippen MR) is 50.2 cm³/mol. The normalized spacial score (nSPS) is 23.9. The Morgan fingerprint density at radius 1 is 1.69 bits per heavy atom. The van der Waals surface area contributed by atoms with Gasteiger partial charge in [0.25, 0.3) is 0 Å². The quantitative estimate of drug-likeness (QED) is 0.704. The van der Waals surface area contributed by atoms with Crippen LogP contribution in [0.5, 0.6) is 0 Å². The van der Waals surface area contributed by atoms with Gasteiger partial charge >= 0.3 is 0 Å². The summed E-state index contributed by atoms with van der Waals surface area (Å²) in [4.78, 5) is 6.33. The summed E-state index contributed by atoms with van der Waals surface area (Å²) in [5, 5.41) is 4.12. The SMILES string of the molecule is CCN1CCC(n2cnc(N)n2)C1. The Bertz CT molecular complexity index is 282. The topological polar surface area (TPSA) is 60.0 Å². The van der Waals surface area contributed by atoms with Gasteiger partial charge in [-0.1, -0.05) is 6.92 Å². The van der Waals surface area contributed by atoms with Gasteiger partial charge in [-0.25, -0.2) is 9.67 Å². The van der Waals surface area contributed by atoms with Crippen LogP contribution in [0.1, 0.15) is 19.4 Å². The average molecular weight is 181 g/mol. The van der Waals surface area contributed by atoms with Gasteiger partial charge in [0, 0.05) is 13.1 Å². The molecule has 1 fully saturated rings. The zero-order valence-electron chi connectivity index (χ0n) is 7.85. The minimum Gasteiger partial charge on any atom is -0.367 e. The van der Waals surface area contributed by atoms with E-state index in [9.17, 15) is 0 Å². The molecule has 1 atom stereocenters. The van der Waals surface area contributed by atoms with Crippen molar-refractivity contribution in [3.05, 3.63) is 6.33 Å². The van der Waals surface area contributed by atoms with Crippen LogP contribution in [0.25, 0.3) is 0 Å². The van der Waals surface area contributed by atoms with E-state index in [4.69, 9.17) is 5.73 Å². The molecule has 13 heavy (non-hydrogen) atoms. The van der Waals surface area contributed by atoms with E-state index in [-0.39, 0.29) is 0 Å². The molecule has 1 unspecified atom stereocenters. The van der Waals surface area contributed by atoms with E-state index >= 15 is 0 Å². The molecule has 0 aliphatic carbocycles. The average Bonchev–Trinajstić information content (AvgIpc) is 2.71. The van der Waals surface area contributed by atoms with E-state index in [1.807, 2.05) is 4.68 Å². The summed E-state index contributed by atoms with van der Waals surface area (Å²) in [6.45, 7) is 5.51. The highest BCUT2D eigenvalue weighted by molar-refractivity contribution is 5.09. The van der Waals surface area contributed by atoms with Crippen LogP contribution in [-0.2, 0) is 0 Å². The Morgan fingerprint density at radius 2 is 2.54 bits per heavy atom. The summed E-state index contributed by atoms with van der Waals surface area (Å²) in [5.74, 6) is 0.370. The van der Waals surface area contributed by atoms with Crippen molar-refractivity contribution in [3.8, 4) is 0 Å². The summed E-state index contributed by atoms with van der Waals surface area (Å²) in [5.41, 5.74) is 5.46. The summed E-state index contributed by atoms with van der Waals surface area (Å²) in [6.07, 6.45) is 2.87. The molecule has 0 aromatic carbocycles. The van der Waals surface area contributed by atoms with Crippen LogP contribution >= 0.6 is 0 Å². The molecular formula is C8H15N5. The lowest BCUT2D eigenvalue weighted by Crippen LogP contribution is -2.21. The van der Waals surface area contributed by atoms with E-state index in [1.54, 1.807) is 6.33 Å². The number of rotatable bonds is 2. The third kappa shape index (κ3) is 1.65. The zero-order chi connectivity index (χ0) is 9.26. The minimum absolute atomic E-state index is 0.370. The maximum Gasteiger partial charge on any atom is 0.239 e. The zero-order valence-corrected chi connectivity index (χ0v) is 7.85. The Morgan fingerprint density at radius 3 is 3.08 bits per heavy atom. The molecule has 0 saturated carbocycles. The number of likely N-dealkylation sites (N-methyl/N-ethyl adjacent to an activating group) is 1. The molecular weight excluding hydrogens is 166 g/mol. The first-order valence-electron chi connectivity index (χ1n) is 4.68. The minimum atomic E-state index is 0.370. The molecule has 72 valence electrons. The van der Waals surface area contributed by atoms with Crippen LogP contribution in [0.2, 0.25) is 0 Å². The molecule has 0 spiro atoms. The van der Waals surface area contributed by atoms with Crippen LogP contribution in [0.15, 0.2) is 6.33 Å². The Balaban J connectivity index is 2.03. The number of nitrogens with zero attached hydrogens (tertiary/aromatic N) is 4. The summed E-state index contributed by atoms with van der Waals surface area (Å²) in [7, 11) is 0. The predicted octanol–water partition coefficient (Wildman–Crippen LogP) is 0.127. The molecule has 1 aliphatic rings. The number of hydrogen-bond donors (Lipinski definition) is 1. The first-order valence-corrected chi connectivity index (χ1v) is 4.68. The number of nitrogen functional groups attached to an aromatic ring is 1. The van der Waals surface area contributed by atoms with Crippen molar-refractivity contribution >= 4 is 5.95 Å². The van der Waals surface area contributed by atoms with Crippen LogP contribution in [-0.4, -0.2) is 39.3 Å². The molecule has 2 N–H and O–H groups in total. The van der Waals surface area contributed by atoms with E-state index in [0.717, 1.165) is 26.1 Å². The first-order chi connectivity index (χ1) is 6.29. The molecule has 5 heteroatoms. The lowest BCUT2D eigenvalue weighted by Gasteiger charge is -2.12.